The van der Waals surface area contributed by atoms with E-state index in [0.29, 0.717) is 19.0 Å². The molecule has 2 aromatic rings. The van der Waals surface area contributed by atoms with E-state index in [0.717, 1.165) is 12.0 Å². The van der Waals surface area contributed by atoms with Crippen LogP contribution in [0.2, 0.25) is 0 Å². The predicted octanol–water partition coefficient (Wildman–Crippen LogP) is 1.99. The molecule has 0 radical (unpaired) electrons. The van der Waals surface area contributed by atoms with Crippen LogP contribution in [0.15, 0.2) is 30.5 Å². The number of nitrogens with two attached hydrogens (primary N) is 1. The smallest absolute Gasteiger partial charge is 0.273 e. The number of aromatic nitrogens is 3. The van der Waals surface area contributed by atoms with Crippen molar-refractivity contribution in [3.05, 3.63) is 47.5 Å². The van der Waals surface area contributed by atoms with Crippen molar-refractivity contribution in [3.8, 4) is 0 Å². The number of hydrogen-bond acceptors (Lipinski definition) is 4. The van der Waals surface area contributed by atoms with Gasteiger partial charge < -0.3 is 11.1 Å². The van der Waals surface area contributed by atoms with Crippen molar-refractivity contribution in [1.29, 1.82) is 0 Å². The number of carbonyl (C=O) groups excluding carboxylic acids is 1. The third-order valence-corrected chi connectivity index (χ3v) is 3.38. The van der Waals surface area contributed by atoms with Gasteiger partial charge in [0.05, 0.1) is 12.7 Å². The predicted molar refractivity (Wildman–Crippen MR) is 92.5 cm³/mol. The second-order valence-corrected chi connectivity index (χ2v) is 5.97. The zero-order valence-electron chi connectivity index (χ0n) is 13.8. The fourth-order valence-corrected chi connectivity index (χ4v) is 2.34. The van der Waals surface area contributed by atoms with E-state index in [2.05, 4.69) is 29.5 Å². The van der Waals surface area contributed by atoms with Gasteiger partial charge in [-0.2, -0.15) is 0 Å². The zero-order chi connectivity index (χ0) is 16.8. The molecule has 1 unspecified atom stereocenters. The highest BCUT2D eigenvalue weighted by Crippen LogP contribution is 2.07. The van der Waals surface area contributed by atoms with Gasteiger partial charge in [-0.05, 0) is 30.0 Å². The van der Waals surface area contributed by atoms with Crippen molar-refractivity contribution < 1.29 is 9.18 Å². The highest BCUT2D eigenvalue weighted by molar-refractivity contribution is 5.92. The van der Waals surface area contributed by atoms with Crippen LogP contribution in [0, 0.1) is 11.7 Å². The molecule has 3 N–H and O–H groups in total. The van der Waals surface area contributed by atoms with Crippen LogP contribution >= 0.6 is 12.4 Å². The summed E-state index contributed by atoms with van der Waals surface area (Å²) in [5.74, 6) is -0.167. The summed E-state index contributed by atoms with van der Waals surface area (Å²) < 4.78 is 14.7. The Balaban J connectivity index is 0.00000288. The molecule has 0 aliphatic heterocycles. The molecule has 1 aromatic heterocycles. The number of nitrogens with one attached hydrogen (secondary N) is 1. The van der Waals surface area contributed by atoms with E-state index in [1.807, 2.05) is 0 Å². The van der Waals surface area contributed by atoms with Crippen molar-refractivity contribution in [1.82, 2.24) is 20.3 Å². The van der Waals surface area contributed by atoms with Gasteiger partial charge >= 0.3 is 0 Å². The number of amides is 1. The summed E-state index contributed by atoms with van der Waals surface area (Å²) in [7, 11) is 0. The Morgan fingerprint density at radius 1 is 1.42 bits per heavy atom. The van der Waals surface area contributed by atoms with Crippen LogP contribution in [0.25, 0.3) is 0 Å². The van der Waals surface area contributed by atoms with Gasteiger partial charge in [0, 0.05) is 12.6 Å². The lowest BCUT2D eigenvalue weighted by Gasteiger charge is -2.17. The molecule has 1 amide bonds. The number of nitrogens with zero attached hydrogens (tertiary/aromatic N) is 3. The van der Waals surface area contributed by atoms with E-state index in [-0.39, 0.29) is 35.9 Å². The summed E-state index contributed by atoms with van der Waals surface area (Å²) in [4.78, 5) is 12.2. The van der Waals surface area contributed by atoms with Gasteiger partial charge in [-0.3, -0.25) is 4.79 Å². The molecule has 1 heterocycles. The van der Waals surface area contributed by atoms with E-state index in [1.54, 1.807) is 18.3 Å². The second-order valence-electron chi connectivity index (χ2n) is 5.97. The lowest BCUT2D eigenvalue weighted by molar-refractivity contribution is 0.0928. The van der Waals surface area contributed by atoms with Crippen LogP contribution < -0.4 is 11.1 Å². The van der Waals surface area contributed by atoms with Crippen LogP contribution in [0.1, 0.15) is 36.3 Å². The van der Waals surface area contributed by atoms with Gasteiger partial charge in [-0.1, -0.05) is 31.2 Å². The maximum atomic E-state index is 13.2. The molecule has 0 saturated heterocycles. The first-order valence-corrected chi connectivity index (χ1v) is 7.63. The van der Waals surface area contributed by atoms with Crippen LogP contribution in [-0.4, -0.2) is 33.5 Å². The first-order valence-electron chi connectivity index (χ1n) is 7.63. The quantitative estimate of drug-likeness (QED) is 0.795. The molecule has 2 rings (SSSR count). The van der Waals surface area contributed by atoms with Crippen molar-refractivity contribution in [3.63, 3.8) is 0 Å². The molecule has 24 heavy (non-hydrogen) atoms. The number of carbonyl (C=O) groups is 1. The molecule has 6 nitrogen and oxygen atoms in total. The minimum atomic E-state index is -0.306. The maximum absolute atomic E-state index is 13.2. The van der Waals surface area contributed by atoms with Crippen LogP contribution in [-0.2, 0) is 6.54 Å². The Labute approximate surface area is 147 Å². The zero-order valence-corrected chi connectivity index (χ0v) is 14.6. The molecule has 0 spiro atoms. The maximum Gasteiger partial charge on any atom is 0.273 e. The Morgan fingerprint density at radius 2 is 2.17 bits per heavy atom. The monoisotopic (exact) mass is 355 g/mol. The summed E-state index contributed by atoms with van der Waals surface area (Å²) in [6.07, 6.45) is 2.35. The molecule has 0 aliphatic rings. The molecule has 1 aromatic carbocycles. The van der Waals surface area contributed by atoms with E-state index >= 15 is 0 Å². The summed E-state index contributed by atoms with van der Waals surface area (Å²) in [5, 5.41) is 10.6. The minimum absolute atomic E-state index is 0. The topological polar surface area (TPSA) is 85.8 Å². The lowest BCUT2D eigenvalue weighted by Crippen LogP contribution is -2.41. The number of benzene rings is 1. The van der Waals surface area contributed by atoms with Crippen molar-refractivity contribution in [2.24, 2.45) is 11.7 Å². The van der Waals surface area contributed by atoms with Gasteiger partial charge in [-0.25, -0.2) is 9.07 Å². The molecular formula is C16H23ClFN5O. The van der Waals surface area contributed by atoms with Gasteiger partial charge in [-0.15, -0.1) is 17.5 Å². The van der Waals surface area contributed by atoms with Gasteiger partial charge in [0.1, 0.15) is 5.82 Å². The Morgan fingerprint density at radius 3 is 2.79 bits per heavy atom. The summed E-state index contributed by atoms with van der Waals surface area (Å²) >= 11 is 0. The summed E-state index contributed by atoms with van der Waals surface area (Å²) in [5.41, 5.74) is 6.65. The number of halogens is 2. The van der Waals surface area contributed by atoms with Crippen molar-refractivity contribution in [2.45, 2.75) is 32.9 Å². The summed E-state index contributed by atoms with van der Waals surface area (Å²) in [6.45, 7) is 4.87. The van der Waals surface area contributed by atoms with Gasteiger partial charge in [0.15, 0.2) is 5.69 Å². The Hall–Kier alpha value is -1.99. The summed E-state index contributed by atoms with van der Waals surface area (Å²) in [6, 6.07) is 6.14. The van der Waals surface area contributed by atoms with Crippen molar-refractivity contribution in [2.75, 3.05) is 6.54 Å². The fourth-order valence-electron chi connectivity index (χ4n) is 2.34. The number of rotatable bonds is 7. The third kappa shape index (κ3) is 5.90. The molecular weight excluding hydrogens is 333 g/mol. The number of hydrogen-bond donors (Lipinski definition) is 2. The largest absolute Gasteiger partial charge is 0.347 e. The molecule has 132 valence electrons. The van der Waals surface area contributed by atoms with Crippen LogP contribution in [0.4, 0.5) is 4.39 Å². The van der Waals surface area contributed by atoms with Crippen LogP contribution in [0.3, 0.4) is 0 Å². The fraction of sp³-hybridized carbons (Fsp3) is 0.438. The highest BCUT2D eigenvalue weighted by atomic mass is 35.5. The van der Waals surface area contributed by atoms with Gasteiger partial charge in [0.25, 0.3) is 5.91 Å². The van der Waals surface area contributed by atoms with E-state index in [9.17, 15) is 9.18 Å². The van der Waals surface area contributed by atoms with Crippen molar-refractivity contribution >= 4 is 18.3 Å². The first-order chi connectivity index (χ1) is 11.0. The van der Waals surface area contributed by atoms with E-state index in [4.69, 9.17) is 5.73 Å². The first kappa shape index (κ1) is 20.1. The average molecular weight is 356 g/mol. The molecule has 0 aliphatic carbocycles. The average Bonchev–Trinajstić information content (AvgIpc) is 2.94. The Kier molecular flexibility index (Phi) is 7.81. The minimum Gasteiger partial charge on any atom is -0.347 e. The third-order valence-electron chi connectivity index (χ3n) is 3.38. The molecule has 8 heteroatoms. The standard InChI is InChI=1S/C16H22FN5O.ClH/c1-11(2)6-14(8-18)19-16(23)15-10-22(21-20-15)9-12-4-3-5-13(17)7-12;/h3-5,7,10-11,14H,6,8-9,18H2,1-2H3,(H,19,23);1H. The molecule has 0 saturated carbocycles. The second kappa shape index (κ2) is 9.34. The van der Waals surface area contributed by atoms with E-state index in [1.165, 1.54) is 16.8 Å². The molecule has 1 atom stereocenters. The SMILES string of the molecule is CC(C)CC(CN)NC(=O)c1cn(Cc2cccc(F)c2)nn1.Cl. The Bertz CT molecular complexity index is 661. The van der Waals surface area contributed by atoms with Crippen LogP contribution in [0.5, 0.6) is 0 Å². The van der Waals surface area contributed by atoms with Gasteiger partial charge in [0.2, 0.25) is 0 Å². The molecule has 0 bridgehead atoms. The lowest BCUT2D eigenvalue weighted by atomic mass is 10.0. The van der Waals surface area contributed by atoms with E-state index < -0.39 is 0 Å². The normalized spacial score (nSPS) is 11.9. The highest BCUT2D eigenvalue weighted by Gasteiger charge is 2.16. The molecule has 0 fully saturated rings.